The van der Waals surface area contributed by atoms with Crippen LogP contribution in [0.3, 0.4) is 0 Å². The summed E-state index contributed by atoms with van der Waals surface area (Å²) in [4.78, 5) is 12.9. The number of nitrogens with zero attached hydrogens (tertiary/aromatic N) is 1. The van der Waals surface area contributed by atoms with Crippen molar-refractivity contribution in [1.29, 1.82) is 0 Å². The van der Waals surface area contributed by atoms with Crippen molar-refractivity contribution in [3.05, 3.63) is 22.7 Å². The molecule has 0 saturated heterocycles. The van der Waals surface area contributed by atoms with Gasteiger partial charge < -0.3 is 15.3 Å². The summed E-state index contributed by atoms with van der Waals surface area (Å²) in [5.41, 5.74) is 1.93. The van der Waals surface area contributed by atoms with Gasteiger partial charge in [0.2, 0.25) is 0 Å². The Balaban J connectivity index is 2.38. The Morgan fingerprint density at radius 1 is 1.62 bits per heavy atom. The van der Waals surface area contributed by atoms with Crippen molar-refractivity contribution in [1.82, 2.24) is 0 Å². The van der Waals surface area contributed by atoms with Crippen molar-refractivity contribution in [3.8, 4) is 0 Å². The first-order chi connectivity index (χ1) is 7.59. The van der Waals surface area contributed by atoms with Gasteiger partial charge in [-0.15, -0.1) is 0 Å². The molecule has 0 aliphatic carbocycles. The molecule has 86 valence electrons. The Labute approximate surface area is 102 Å². The molecular formula is C11H13BrN2O2. The van der Waals surface area contributed by atoms with Crippen LogP contribution in [-0.4, -0.2) is 30.2 Å². The van der Waals surface area contributed by atoms with Crippen molar-refractivity contribution in [2.75, 3.05) is 23.3 Å². The van der Waals surface area contributed by atoms with Crippen molar-refractivity contribution in [3.63, 3.8) is 0 Å². The number of carbonyl (C=O) groups is 1. The molecule has 1 atom stereocenters. The van der Waals surface area contributed by atoms with Crippen molar-refractivity contribution < 1.29 is 9.90 Å². The minimum Gasteiger partial charge on any atom is -0.480 e. The lowest BCUT2D eigenvalue weighted by Crippen LogP contribution is -2.44. The molecule has 0 radical (unpaired) electrons. The molecule has 1 aromatic rings. The van der Waals surface area contributed by atoms with Gasteiger partial charge in [0.1, 0.15) is 6.04 Å². The topological polar surface area (TPSA) is 52.6 Å². The van der Waals surface area contributed by atoms with Crippen LogP contribution in [0.25, 0.3) is 0 Å². The second-order valence-corrected chi connectivity index (χ2v) is 4.71. The fraction of sp³-hybridized carbons (Fsp3) is 0.364. The molecule has 2 N–H and O–H groups in total. The monoisotopic (exact) mass is 284 g/mol. The zero-order valence-electron chi connectivity index (χ0n) is 8.90. The molecule has 1 heterocycles. The largest absolute Gasteiger partial charge is 0.480 e. The van der Waals surface area contributed by atoms with Crippen LogP contribution in [0.2, 0.25) is 0 Å². The van der Waals surface area contributed by atoms with Gasteiger partial charge in [-0.05, 0) is 25.1 Å². The number of hydrogen-bond donors (Lipinski definition) is 2. The highest BCUT2D eigenvalue weighted by atomic mass is 79.9. The Morgan fingerprint density at radius 2 is 2.38 bits per heavy atom. The van der Waals surface area contributed by atoms with Crippen molar-refractivity contribution in [2.24, 2.45) is 0 Å². The van der Waals surface area contributed by atoms with Gasteiger partial charge in [-0.1, -0.05) is 15.9 Å². The standard InChI is InChI=1S/C11H13BrN2O2/c1-7(11(15)16)14-5-4-13-9-3-2-8(12)6-10(9)14/h2-3,6-7,13H,4-5H2,1H3,(H,15,16). The number of anilines is 2. The summed E-state index contributed by atoms with van der Waals surface area (Å²) in [5.74, 6) is -0.798. The minimum atomic E-state index is -0.798. The van der Waals surface area contributed by atoms with Gasteiger partial charge in [0.25, 0.3) is 0 Å². The number of aliphatic carboxylic acids is 1. The third-order valence-electron chi connectivity index (χ3n) is 2.76. The summed E-state index contributed by atoms with van der Waals surface area (Å²) < 4.78 is 0.956. The molecular weight excluding hydrogens is 272 g/mol. The van der Waals surface area contributed by atoms with Gasteiger partial charge >= 0.3 is 5.97 Å². The second kappa shape index (κ2) is 4.33. The molecule has 1 unspecified atom stereocenters. The minimum absolute atomic E-state index is 0.504. The highest BCUT2D eigenvalue weighted by Crippen LogP contribution is 2.33. The van der Waals surface area contributed by atoms with Crippen LogP contribution in [0, 0.1) is 0 Å². The average Bonchev–Trinajstić information content (AvgIpc) is 2.27. The van der Waals surface area contributed by atoms with Crippen LogP contribution in [0.15, 0.2) is 22.7 Å². The van der Waals surface area contributed by atoms with E-state index in [2.05, 4.69) is 21.2 Å². The molecule has 0 spiro atoms. The first kappa shape index (κ1) is 11.3. The molecule has 2 rings (SSSR count). The SMILES string of the molecule is CC(C(=O)O)N1CCNc2ccc(Br)cc21. The molecule has 0 fully saturated rings. The van der Waals surface area contributed by atoms with E-state index in [1.807, 2.05) is 23.1 Å². The van der Waals surface area contributed by atoms with Gasteiger partial charge in [-0.25, -0.2) is 4.79 Å². The molecule has 4 nitrogen and oxygen atoms in total. The first-order valence-electron chi connectivity index (χ1n) is 5.12. The summed E-state index contributed by atoms with van der Waals surface area (Å²) in [6.07, 6.45) is 0. The van der Waals surface area contributed by atoms with E-state index in [-0.39, 0.29) is 0 Å². The average molecular weight is 285 g/mol. The van der Waals surface area contributed by atoms with Crippen LogP contribution < -0.4 is 10.2 Å². The number of halogens is 1. The number of carboxylic acid groups (broad SMARTS) is 1. The van der Waals surface area contributed by atoms with Crippen LogP contribution in [-0.2, 0) is 4.79 Å². The van der Waals surface area contributed by atoms with Gasteiger partial charge in [-0.3, -0.25) is 0 Å². The van der Waals surface area contributed by atoms with Crippen molar-refractivity contribution >= 4 is 33.3 Å². The van der Waals surface area contributed by atoms with Crippen LogP contribution >= 0.6 is 15.9 Å². The normalized spacial score (nSPS) is 16.2. The molecule has 0 aromatic heterocycles. The van der Waals surface area contributed by atoms with E-state index in [0.29, 0.717) is 6.54 Å². The van der Waals surface area contributed by atoms with Crippen LogP contribution in [0.5, 0.6) is 0 Å². The van der Waals surface area contributed by atoms with Gasteiger partial charge in [-0.2, -0.15) is 0 Å². The zero-order valence-corrected chi connectivity index (χ0v) is 10.5. The lowest BCUT2D eigenvalue weighted by Gasteiger charge is -2.34. The number of carboxylic acids is 1. The maximum Gasteiger partial charge on any atom is 0.326 e. The van der Waals surface area contributed by atoms with E-state index in [1.54, 1.807) is 6.92 Å². The Bertz CT molecular complexity index is 422. The molecule has 1 aliphatic rings. The van der Waals surface area contributed by atoms with E-state index in [9.17, 15) is 4.79 Å². The molecule has 1 aromatic carbocycles. The van der Waals surface area contributed by atoms with Gasteiger partial charge in [0.05, 0.1) is 11.4 Å². The Kier molecular flexibility index (Phi) is 3.05. The summed E-state index contributed by atoms with van der Waals surface area (Å²) in [6.45, 7) is 3.18. The molecule has 16 heavy (non-hydrogen) atoms. The smallest absolute Gasteiger partial charge is 0.326 e. The lowest BCUT2D eigenvalue weighted by atomic mass is 10.1. The third-order valence-corrected chi connectivity index (χ3v) is 3.26. The lowest BCUT2D eigenvalue weighted by molar-refractivity contribution is -0.138. The highest BCUT2D eigenvalue weighted by Gasteiger charge is 2.25. The van der Waals surface area contributed by atoms with Crippen LogP contribution in [0.4, 0.5) is 11.4 Å². The maximum atomic E-state index is 11.0. The van der Waals surface area contributed by atoms with E-state index in [1.165, 1.54) is 0 Å². The van der Waals surface area contributed by atoms with E-state index >= 15 is 0 Å². The third kappa shape index (κ3) is 2.00. The molecule has 0 amide bonds. The summed E-state index contributed by atoms with van der Waals surface area (Å²) >= 11 is 3.40. The molecule has 0 bridgehead atoms. The highest BCUT2D eigenvalue weighted by molar-refractivity contribution is 9.10. The number of rotatable bonds is 2. The maximum absolute atomic E-state index is 11.0. The van der Waals surface area contributed by atoms with E-state index < -0.39 is 12.0 Å². The fourth-order valence-corrected chi connectivity index (χ4v) is 2.21. The fourth-order valence-electron chi connectivity index (χ4n) is 1.86. The summed E-state index contributed by atoms with van der Waals surface area (Å²) in [7, 11) is 0. The first-order valence-corrected chi connectivity index (χ1v) is 5.92. The zero-order chi connectivity index (χ0) is 11.7. The second-order valence-electron chi connectivity index (χ2n) is 3.80. The predicted octanol–water partition coefficient (Wildman–Crippen LogP) is 2.15. The summed E-state index contributed by atoms with van der Waals surface area (Å²) in [5, 5.41) is 12.3. The predicted molar refractivity (Wildman–Crippen MR) is 67.1 cm³/mol. The van der Waals surface area contributed by atoms with Crippen molar-refractivity contribution in [2.45, 2.75) is 13.0 Å². The van der Waals surface area contributed by atoms with Crippen LogP contribution in [0.1, 0.15) is 6.92 Å². The number of nitrogens with one attached hydrogen (secondary N) is 1. The molecule has 0 saturated carbocycles. The van der Waals surface area contributed by atoms with E-state index in [4.69, 9.17) is 5.11 Å². The molecule has 1 aliphatic heterocycles. The van der Waals surface area contributed by atoms with Gasteiger partial charge in [0, 0.05) is 17.6 Å². The quantitative estimate of drug-likeness (QED) is 0.874. The number of fused-ring (bicyclic) bond motifs is 1. The van der Waals surface area contributed by atoms with E-state index in [0.717, 1.165) is 22.4 Å². The number of benzene rings is 1. The Morgan fingerprint density at radius 3 is 3.06 bits per heavy atom. The van der Waals surface area contributed by atoms with Gasteiger partial charge in [0.15, 0.2) is 0 Å². The number of hydrogen-bond acceptors (Lipinski definition) is 3. The summed E-state index contributed by atoms with van der Waals surface area (Å²) in [6, 6.07) is 5.34. The molecule has 5 heteroatoms. The Hall–Kier alpha value is -1.23.